The third kappa shape index (κ3) is 3.91. The van der Waals surface area contributed by atoms with Crippen LogP contribution in [-0.2, 0) is 5.41 Å². The molecule has 0 atom stereocenters. The van der Waals surface area contributed by atoms with Crippen LogP contribution in [0.3, 0.4) is 0 Å². The zero-order valence-electron chi connectivity index (χ0n) is 20.7. The molecule has 0 amide bonds. The van der Waals surface area contributed by atoms with E-state index in [-0.39, 0.29) is 11.0 Å². The highest BCUT2D eigenvalue weighted by atomic mass is 32.1. The fourth-order valence-corrected chi connectivity index (χ4v) is 6.30. The standard InChI is InChI=1S/C31H28N4S/c1-3-5-15-31(16-6-4-2)27-10-8-7-9-25(27)26-14-11-22(18-28(26)31)24-13-12-23(17-21(19-32)20-33)29-30(24)35-36-34-29/h7-14,17-18H,3-6,15-16H2,1-2H3. The molecule has 3 aromatic carbocycles. The van der Waals surface area contributed by atoms with Gasteiger partial charge in [-0.2, -0.15) is 19.3 Å². The van der Waals surface area contributed by atoms with Crippen LogP contribution >= 0.6 is 11.7 Å². The summed E-state index contributed by atoms with van der Waals surface area (Å²) in [6, 6.07) is 23.7. The van der Waals surface area contributed by atoms with Crippen molar-refractivity contribution in [3.05, 3.63) is 76.9 Å². The van der Waals surface area contributed by atoms with Crippen LogP contribution in [0, 0.1) is 22.7 Å². The first kappa shape index (κ1) is 23.9. The lowest BCUT2D eigenvalue weighted by atomic mass is 9.70. The van der Waals surface area contributed by atoms with Gasteiger partial charge in [0.15, 0.2) is 0 Å². The van der Waals surface area contributed by atoms with E-state index in [1.807, 2.05) is 24.3 Å². The number of rotatable bonds is 8. The smallest absolute Gasteiger partial charge is 0.130 e. The van der Waals surface area contributed by atoms with Crippen LogP contribution in [0.1, 0.15) is 69.1 Å². The first-order chi connectivity index (χ1) is 17.7. The zero-order valence-corrected chi connectivity index (χ0v) is 21.5. The molecule has 36 heavy (non-hydrogen) atoms. The molecule has 4 aromatic rings. The van der Waals surface area contributed by atoms with Crippen molar-refractivity contribution in [2.75, 3.05) is 0 Å². The molecule has 0 aliphatic heterocycles. The molecule has 178 valence electrons. The van der Waals surface area contributed by atoms with Gasteiger partial charge >= 0.3 is 0 Å². The molecule has 0 N–H and O–H groups in total. The Morgan fingerprint density at radius 3 is 2.22 bits per heavy atom. The third-order valence-corrected chi connectivity index (χ3v) is 8.01. The number of nitrogens with zero attached hydrogens (tertiary/aromatic N) is 4. The summed E-state index contributed by atoms with van der Waals surface area (Å²) in [5, 5.41) is 18.4. The number of aromatic nitrogens is 2. The zero-order chi connectivity index (χ0) is 25.1. The summed E-state index contributed by atoms with van der Waals surface area (Å²) in [5.41, 5.74) is 10.2. The molecular formula is C31H28N4S. The number of nitriles is 2. The van der Waals surface area contributed by atoms with Gasteiger partial charge in [-0.05, 0) is 52.8 Å². The maximum Gasteiger partial charge on any atom is 0.130 e. The van der Waals surface area contributed by atoms with E-state index in [2.05, 4.69) is 65.1 Å². The predicted molar refractivity (Wildman–Crippen MR) is 147 cm³/mol. The summed E-state index contributed by atoms with van der Waals surface area (Å²) in [6.07, 6.45) is 8.65. The molecule has 0 unspecified atom stereocenters. The van der Waals surface area contributed by atoms with Gasteiger partial charge in [-0.3, -0.25) is 0 Å². The molecule has 0 radical (unpaired) electrons. The van der Waals surface area contributed by atoms with Crippen molar-refractivity contribution in [3.63, 3.8) is 0 Å². The molecule has 0 spiro atoms. The number of hydrogen-bond donors (Lipinski definition) is 0. The molecule has 4 nitrogen and oxygen atoms in total. The van der Waals surface area contributed by atoms with E-state index in [4.69, 9.17) is 0 Å². The lowest BCUT2D eigenvalue weighted by molar-refractivity contribution is 0.414. The topological polar surface area (TPSA) is 73.4 Å². The van der Waals surface area contributed by atoms with Crippen LogP contribution in [0.15, 0.2) is 60.2 Å². The van der Waals surface area contributed by atoms with E-state index in [9.17, 15) is 10.5 Å². The van der Waals surface area contributed by atoms with Crippen molar-refractivity contribution in [1.82, 2.24) is 8.75 Å². The number of fused-ring (bicyclic) bond motifs is 4. The second-order valence-corrected chi connectivity index (χ2v) is 10.1. The van der Waals surface area contributed by atoms with Crippen LogP contribution in [-0.4, -0.2) is 8.75 Å². The summed E-state index contributed by atoms with van der Waals surface area (Å²) in [6.45, 7) is 4.55. The minimum absolute atomic E-state index is 0.0323. The van der Waals surface area contributed by atoms with Gasteiger partial charge in [-0.1, -0.05) is 88.1 Å². The van der Waals surface area contributed by atoms with E-state index < -0.39 is 0 Å². The van der Waals surface area contributed by atoms with E-state index >= 15 is 0 Å². The summed E-state index contributed by atoms with van der Waals surface area (Å²) in [7, 11) is 0. The van der Waals surface area contributed by atoms with Gasteiger partial charge in [0.1, 0.15) is 28.7 Å². The van der Waals surface area contributed by atoms with Crippen molar-refractivity contribution in [3.8, 4) is 34.4 Å². The van der Waals surface area contributed by atoms with Gasteiger partial charge in [0.05, 0.1) is 11.7 Å². The Bertz CT molecular complexity index is 1520. The maximum absolute atomic E-state index is 9.20. The predicted octanol–water partition coefficient (Wildman–Crippen LogP) is 8.44. The van der Waals surface area contributed by atoms with Crippen molar-refractivity contribution in [2.45, 2.75) is 57.8 Å². The van der Waals surface area contributed by atoms with Crippen molar-refractivity contribution in [2.24, 2.45) is 0 Å². The highest BCUT2D eigenvalue weighted by Gasteiger charge is 2.42. The number of unbranched alkanes of at least 4 members (excludes halogenated alkanes) is 2. The molecule has 0 bridgehead atoms. The molecule has 5 heteroatoms. The van der Waals surface area contributed by atoms with Gasteiger partial charge in [0.2, 0.25) is 0 Å². The maximum atomic E-state index is 9.20. The van der Waals surface area contributed by atoms with Gasteiger partial charge in [0, 0.05) is 16.5 Å². The Hall–Kier alpha value is -3.80. The molecule has 0 saturated heterocycles. The number of benzene rings is 3. The summed E-state index contributed by atoms with van der Waals surface area (Å²) < 4.78 is 9.13. The lowest BCUT2D eigenvalue weighted by Gasteiger charge is -2.33. The Labute approximate surface area is 216 Å². The van der Waals surface area contributed by atoms with Crippen molar-refractivity contribution >= 4 is 28.8 Å². The fraction of sp³-hybridized carbons (Fsp3) is 0.290. The Morgan fingerprint density at radius 1 is 0.833 bits per heavy atom. The van der Waals surface area contributed by atoms with Crippen LogP contribution < -0.4 is 0 Å². The second-order valence-electron chi connectivity index (χ2n) is 9.54. The van der Waals surface area contributed by atoms with E-state index in [0.29, 0.717) is 0 Å². The highest BCUT2D eigenvalue weighted by molar-refractivity contribution is 7.00. The van der Waals surface area contributed by atoms with E-state index in [1.165, 1.54) is 47.9 Å². The Balaban J connectivity index is 1.69. The third-order valence-electron chi connectivity index (χ3n) is 7.48. The van der Waals surface area contributed by atoms with Crippen molar-refractivity contribution in [1.29, 1.82) is 10.5 Å². The van der Waals surface area contributed by atoms with Crippen LogP contribution in [0.5, 0.6) is 0 Å². The number of allylic oxidation sites excluding steroid dienone is 1. The average Bonchev–Trinajstić information content (AvgIpc) is 3.52. The normalized spacial score (nSPS) is 13.0. The van der Waals surface area contributed by atoms with Gasteiger partial charge < -0.3 is 0 Å². The van der Waals surface area contributed by atoms with Crippen molar-refractivity contribution < 1.29 is 0 Å². The van der Waals surface area contributed by atoms with E-state index in [0.717, 1.165) is 52.3 Å². The van der Waals surface area contributed by atoms with Gasteiger partial charge in [0.25, 0.3) is 0 Å². The summed E-state index contributed by atoms with van der Waals surface area (Å²) >= 11 is 1.16. The SMILES string of the molecule is CCCCC1(CCCC)c2ccccc2-c2ccc(-c3ccc(C=C(C#N)C#N)c4nsnc34)cc21. The average molecular weight is 489 g/mol. The Kier molecular flexibility index (Phi) is 6.68. The highest BCUT2D eigenvalue weighted by Crippen LogP contribution is 2.55. The summed E-state index contributed by atoms with van der Waals surface area (Å²) in [5.74, 6) is 0. The first-order valence-electron chi connectivity index (χ1n) is 12.7. The van der Waals surface area contributed by atoms with Gasteiger partial charge in [-0.15, -0.1) is 0 Å². The Morgan fingerprint density at radius 2 is 1.50 bits per heavy atom. The summed E-state index contributed by atoms with van der Waals surface area (Å²) in [4.78, 5) is 0. The molecule has 1 aliphatic rings. The number of hydrogen-bond acceptors (Lipinski definition) is 5. The van der Waals surface area contributed by atoms with E-state index in [1.54, 1.807) is 6.08 Å². The fourth-order valence-electron chi connectivity index (χ4n) is 5.72. The minimum atomic E-state index is 0.0323. The molecule has 1 aromatic heterocycles. The molecular weight excluding hydrogens is 460 g/mol. The van der Waals surface area contributed by atoms with Crippen LogP contribution in [0.25, 0.3) is 39.4 Å². The molecule has 5 rings (SSSR count). The quantitative estimate of drug-likeness (QED) is 0.233. The lowest BCUT2D eigenvalue weighted by Crippen LogP contribution is -2.25. The van der Waals surface area contributed by atoms with Gasteiger partial charge in [-0.25, -0.2) is 0 Å². The monoisotopic (exact) mass is 488 g/mol. The minimum Gasteiger partial charge on any atom is -0.192 e. The second kappa shape index (κ2) is 10.1. The molecule has 1 aliphatic carbocycles. The molecule has 0 fully saturated rings. The first-order valence-corrected chi connectivity index (χ1v) is 13.4. The largest absolute Gasteiger partial charge is 0.192 e. The molecule has 1 heterocycles. The molecule has 0 saturated carbocycles. The van der Waals surface area contributed by atoms with Crippen LogP contribution in [0.4, 0.5) is 0 Å². The van der Waals surface area contributed by atoms with Crippen LogP contribution in [0.2, 0.25) is 0 Å².